The summed E-state index contributed by atoms with van der Waals surface area (Å²) in [7, 11) is 0. The van der Waals surface area contributed by atoms with Crippen molar-refractivity contribution in [1.82, 2.24) is 0 Å². The van der Waals surface area contributed by atoms with Crippen molar-refractivity contribution in [2.75, 3.05) is 5.73 Å². The first-order chi connectivity index (χ1) is 11.2. The number of rotatable bonds is 4. The van der Waals surface area contributed by atoms with Crippen molar-refractivity contribution in [2.45, 2.75) is 0 Å². The Morgan fingerprint density at radius 1 is 0.609 bits per heavy atom. The summed E-state index contributed by atoms with van der Waals surface area (Å²) in [6.45, 7) is 0. The van der Waals surface area contributed by atoms with Crippen LogP contribution in [-0.2, 0) is 0 Å². The SMILES string of the molecule is Nc1c(-c2ccc(C=O)cc2)cccc1-c1ccc(C=O)cc1. The average Bonchev–Trinajstić information content (AvgIpc) is 2.62. The van der Waals surface area contributed by atoms with Gasteiger partial charge in [0, 0.05) is 27.9 Å². The lowest BCUT2D eigenvalue weighted by atomic mass is 9.95. The van der Waals surface area contributed by atoms with E-state index in [0.29, 0.717) is 16.8 Å². The minimum absolute atomic E-state index is 0.632. The third-order valence-electron chi connectivity index (χ3n) is 3.82. The fraction of sp³-hybridized carbons (Fsp3) is 0. The number of nitrogen functional groups attached to an aromatic ring is 1. The summed E-state index contributed by atoms with van der Waals surface area (Å²) in [4.78, 5) is 21.5. The van der Waals surface area contributed by atoms with Crippen LogP contribution >= 0.6 is 0 Å². The molecule has 0 unspecified atom stereocenters. The molecule has 2 N–H and O–H groups in total. The standard InChI is InChI=1S/C20H15NO2/c21-20-18(16-8-4-14(12-22)5-9-16)2-1-3-19(20)17-10-6-15(13-23)7-11-17/h1-13H,21H2. The van der Waals surface area contributed by atoms with Crippen molar-refractivity contribution >= 4 is 18.3 Å². The van der Waals surface area contributed by atoms with E-state index >= 15 is 0 Å². The second-order valence-corrected chi connectivity index (χ2v) is 5.25. The quantitative estimate of drug-likeness (QED) is 0.579. The maximum Gasteiger partial charge on any atom is 0.150 e. The van der Waals surface area contributed by atoms with E-state index in [4.69, 9.17) is 5.73 Å². The van der Waals surface area contributed by atoms with Crippen molar-refractivity contribution in [3.63, 3.8) is 0 Å². The lowest BCUT2D eigenvalue weighted by Crippen LogP contribution is -1.94. The molecule has 0 saturated heterocycles. The smallest absolute Gasteiger partial charge is 0.150 e. The van der Waals surface area contributed by atoms with Crippen molar-refractivity contribution in [3.05, 3.63) is 77.9 Å². The highest BCUT2D eigenvalue weighted by atomic mass is 16.1. The molecule has 23 heavy (non-hydrogen) atoms. The first-order valence-electron chi connectivity index (χ1n) is 7.22. The lowest BCUT2D eigenvalue weighted by molar-refractivity contribution is 0.111. The number of carbonyl (C=O) groups is 2. The summed E-state index contributed by atoms with van der Waals surface area (Å²) in [6.07, 6.45) is 1.64. The number of nitrogens with two attached hydrogens (primary N) is 1. The molecular formula is C20H15NO2. The van der Waals surface area contributed by atoms with Crippen LogP contribution in [0.2, 0.25) is 0 Å². The van der Waals surface area contributed by atoms with Crippen molar-refractivity contribution in [2.24, 2.45) is 0 Å². The molecule has 0 aliphatic heterocycles. The van der Waals surface area contributed by atoms with Gasteiger partial charge in [0.25, 0.3) is 0 Å². The molecule has 3 nitrogen and oxygen atoms in total. The Labute approximate surface area is 134 Å². The van der Waals surface area contributed by atoms with Gasteiger partial charge in [-0.2, -0.15) is 0 Å². The molecule has 3 aromatic carbocycles. The molecule has 3 aromatic rings. The molecule has 0 bridgehead atoms. The van der Waals surface area contributed by atoms with Gasteiger partial charge in [0.2, 0.25) is 0 Å². The maximum absolute atomic E-state index is 10.8. The summed E-state index contributed by atoms with van der Waals surface area (Å²) < 4.78 is 0. The van der Waals surface area contributed by atoms with Gasteiger partial charge in [-0.15, -0.1) is 0 Å². The Kier molecular flexibility index (Phi) is 4.02. The molecule has 3 rings (SSSR count). The van der Waals surface area contributed by atoms with E-state index < -0.39 is 0 Å². The molecule has 112 valence electrons. The monoisotopic (exact) mass is 301 g/mol. The Balaban J connectivity index is 2.06. The summed E-state index contributed by atoms with van der Waals surface area (Å²) in [5, 5.41) is 0. The first-order valence-corrected chi connectivity index (χ1v) is 7.22. The van der Waals surface area contributed by atoms with Gasteiger partial charge in [0.05, 0.1) is 0 Å². The fourth-order valence-electron chi connectivity index (χ4n) is 2.55. The minimum Gasteiger partial charge on any atom is -0.398 e. The van der Waals surface area contributed by atoms with E-state index in [1.54, 1.807) is 24.3 Å². The number of para-hydroxylation sites is 1. The van der Waals surface area contributed by atoms with Gasteiger partial charge in [-0.1, -0.05) is 66.7 Å². The van der Waals surface area contributed by atoms with E-state index in [1.807, 2.05) is 42.5 Å². The van der Waals surface area contributed by atoms with Crippen LogP contribution in [0.15, 0.2) is 66.7 Å². The third kappa shape index (κ3) is 2.90. The molecule has 0 aliphatic carbocycles. The second-order valence-electron chi connectivity index (χ2n) is 5.25. The van der Waals surface area contributed by atoms with Crippen LogP contribution in [0, 0.1) is 0 Å². The molecule has 0 heterocycles. The molecule has 0 amide bonds. The molecule has 0 spiro atoms. The van der Waals surface area contributed by atoms with E-state index in [2.05, 4.69) is 0 Å². The van der Waals surface area contributed by atoms with Crippen LogP contribution in [0.25, 0.3) is 22.3 Å². The van der Waals surface area contributed by atoms with E-state index in [-0.39, 0.29) is 0 Å². The van der Waals surface area contributed by atoms with E-state index in [1.165, 1.54) is 0 Å². The first kappa shape index (κ1) is 14.7. The summed E-state index contributed by atoms with van der Waals surface area (Å²) in [5.41, 5.74) is 12.0. The molecule has 0 atom stereocenters. The van der Waals surface area contributed by atoms with Crippen LogP contribution in [0.4, 0.5) is 5.69 Å². The Morgan fingerprint density at radius 2 is 1.00 bits per heavy atom. The fourth-order valence-corrected chi connectivity index (χ4v) is 2.55. The van der Waals surface area contributed by atoms with Crippen molar-refractivity contribution in [1.29, 1.82) is 0 Å². The largest absolute Gasteiger partial charge is 0.398 e. The highest BCUT2D eigenvalue weighted by Gasteiger charge is 2.09. The van der Waals surface area contributed by atoms with Gasteiger partial charge in [0.15, 0.2) is 0 Å². The molecule has 3 heteroatoms. The van der Waals surface area contributed by atoms with Crippen LogP contribution < -0.4 is 5.73 Å². The minimum atomic E-state index is 0.632. The predicted octanol–water partition coefficient (Wildman–Crippen LogP) is 4.23. The average molecular weight is 301 g/mol. The molecule has 0 fully saturated rings. The highest BCUT2D eigenvalue weighted by molar-refractivity contribution is 5.90. The summed E-state index contributed by atoms with van der Waals surface area (Å²) in [6, 6.07) is 20.5. The topological polar surface area (TPSA) is 60.2 Å². The Morgan fingerprint density at radius 3 is 1.35 bits per heavy atom. The van der Waals surface area contributed by atoms with Gasteiger partial charge < -0.3 is 5.73 Å². The number of anilines is 1. The zero-order chi connectivity index (χ0) is 16.2. The van der Waals surface area contributed by atoms with Crippen LogP contribution in [-0.4, -0.2) is 12.6 Å². The normalized spacial score (nSPS) is 10.3. The zero-order valence-corrected chi connectivity index (χ0v) is 12.4. The molecule has 0 radical (unpaired) electrons. The van der Waals surface area contributed by atoms with Gasteiger partial charge in [-0.3, -0.25) is 9.59 Å². The number of carbonyl (C=O) groups excluding carboxylic acids is 2. The Bertz CT molecular complexity index is 780. The molecule has 0 saturated carbocycles. The molecule has 0 aromatic heterocycles. The van der Waals surface area contributed by atoms with Gasteiger partial charge in [0.1, 0.15) is 12.6 Å². The highest BCUT2D eigenvalue weighted by Crippen LogP contribution is 2.34. The van der Waals surface area contributed by atoms with Gasteiger partial charge in [-0.25, -0.2) is 0 Å². The van der Waals surface area contributed by atoms with Crippen molar-refractivity contribution < 1.29 is 9.59 Å². The second kappa shape index (κ2) is 6.28. The summed E-state index contributed by atoms with van der Waals surface area (Å²) in [5.74, 6) is 0. The summed E-state index contributed by atoms with van der Waals surface area (Å²) >= 11 is 0. The van der Waals surface area contributed by atoms with E-state index in [0.717, 1.165) is 34.8 Å². The Hall–Kier alpha value is -3.20. The van der Waals surface area contributed by atoms with Crippen LogP contribution in [0.3, 0.4) is 0 Å². The number of hydrogen-bond acceptors (Lipinski definition) is 3. The van der Waals surface area contributed by atoms with Crippen LogP contribution in [0.5, 0.6) is 0 Å². The lowest BCUT2D eigenvalue weighted by Gasteiger charge is -2.12. The number of benzene rings is 3. The number of aldehydes is 2. The predicted molar refractivity (Wildman–Crippen MR) is 92.5 cm³/mol. The van der Waals surface area contributed by atoms with Crippen LogP contribution in [0.1, 0.15) is 20.7 Å². The zero-order valence-electron chi connectivity index (χ0n) is 12.4. The molecule has 0 aliphatic rings. The van der Waals surface area contributed by atoms with E-state index in [9.17, 15) is 9.59 Å². The van der Waals surface area contributed by atoms with Gasteiger partial charge >= 0.3 is 0 Å². The number of hydrogen-bond donors (Lipinski definition) is 1. The van der Waals surface area contributed by atoms with Gasteiger partial charge in [-0.05, 0) is 11.1 Å². The third-order valence-corrected chi connectivity index (χ3v) is 3.82. The maximum atomic E-state index is 10.8. The van der Waals surface area contributed by atoms with Crippen molar-refractivity contribution in [3.8, 4) is 22.3 Å². The molecular weight excluding hydrogens is 286 g/mol.